The second-order valence-corrected chi connectivity index (χ2v) is 7.49. The molecule has 0 atom stereocenters. The van der Waals surface area contributed by atoms with Crippen LogP contribution >= 0.6 is 0 Å². The highest BCUT2D eigenvalue weighted by Crippen LogP contribution is 2.41. The average Bonchev–Trinajstić information content (AvgIpc) is 3.20. The molecule has 0 unspecified atom stereocenters. The maximum absolute atomic E-state index is 6.06. The van der Waals surface area contributed by atoms with Crippen molar-refractivity contribution in [3.8, 4) is 11.4 Å². The third kappa shape index (κ3) is 3.91. The van der Waals surface area contributed by atoms with Gasteiger partial charge >= 0.3 is 0 Å². The molecule has 3 rings (SSSR count). The molecule has 0 bridgehead atoms. The zero-order valence-electron chi connectivity index (χ0n) is 16.7. The molecule has 4 heteroatoms. The average molecular weight is 363 g/mol. The predicted molar refractivity (Wildman–Crippen MR) is 115 cm³/mol. The lowest BCUT2D eigenvalue weighted by Gasteiger charge is -2.32. The van der Waals surface area contributed by atoms with Crippen molar-refractivity contribution in [3.63, 3.8) is 0 Å². The quantitative estimate of drug-likeness (QED) is 0.590. The van der Waals surface area contributed by atoms with Crippen LogP contribution in [0.5, 0.6) is 0 Å². The summed E-state index contributed by atoms with van der Waals surface area (Å²) >= 11 is 0. The first-order chi connectivity index (χ1) is 13.0. The summed E-state index contributed by atoms with van der Waals surface area (Å²) in [6.45, 7) is 10.3. The third-order valence-corrected chi connectivity index (χ3v) is 4.91. The van der Waals surface area contributed by atoms with Gasteiger partial charge in [-0.1, -0.05) is 58.0 Å². The van der Waals surface area contributed by atoms with E-state index in [2.05, 4.69) is 85.0 Å². The molecule has 3 aromatic rings. The van der Waals surface area contributed by atoms with Gasteiger partial charge in [0.1, 0.15) is 5.82 Å². The van der Waals surface area contributed by atoms with Crippen molar-refractivity contribution in [2.75, 3.05) is 18.0 Å². The topological polar surface area (TPSA) is 57.9 Å². The number of aromatic nitrogens is 2. The summed E-state index contributed by atoms with van der Waals surface area (Å²) < 4.78 is 0. The molecule has 27 heavy (non-hydrogen) atoms. The number of H-pyrrole nitrogens is 1. The van der Waals surface area contributed by atoms with Gasteiger partial charge in [0.25, 0.3) is 0 Å². The van der Waals surface area contributed by atoms with Gasteiger partial charge in [0.2, 0.25) is 0 Å². The molecule has 4 nitrogen and oxygen atoms in total. The van der Waals surface area contributed by atoms with Crippen molar-refractivity contribution < 1.29 is 0 Å². The molecule has 0 amide bonds. The Labute approximate surface area is 162 Å². The summed E-state index contributed by atoms with van der Waals surface area (Å²) in [5, 5.41) is 0. The normalized spacial score (nSPS) is 11.4. The van der Waals surface area contributed by atoms with Gasteiger partial charge in [0, 0.05) is 36.7 Å². The Balaban J connectivity index is 2.25. The van der Waals surface area contributed by atoms with Crippen LogP contribution in [0.1, 0.15) is 50.7 Å². The zero-order chi connectivity index (χ0) is 19.4. The molecule has 0 radical (unpaired) electrons. The molecule has 1 aromatic heterocycles. The third-order valence-electron chi connectivity index (χ3n) is 4.91. The van der Waals surface area contributed by atoms with Crippen molar-refractivity contribution in [2.45, 2.75) is 39.5 Å². The van der Waals surface area contributed by atoms with Crippen LogP contribution < -0.4 is 10.6 Å². The minimum atomic E-state index is 0.426. The highest BCUT2D eigenvalue weighted by Gasteiger charge is 2.22. The Morgan fingerprint density at radius 1 is 0.963 bits per heavy atom. The molecule has 2 aromatic carbocycles. The van der Waals surface area contributed by atoms with E-state index in [1.54, 1.807) is 6.20 Å². The lowest BCUT2D eigenvalue weighted by Crippen LogP contribution is -2.27. The zero-order valence-corrected chi connectivity index (χ0v) is 16.7. The summed E-state index contributed by atoms with van der Waals surface area (Å²) in [7, 11) is 0. The summed E-state index contributed by atoms with van der Waals surface area (Å²) in [5.41, 5.74) is 12.3. The Bertz CT molecular complexity index is 840. The molecule has 0 spiro atoms. The molecule has 3 N–H and O–H groups in total. The monoisotopic (exact) mass is 362 g/mol. The highest BCUT2D eigenvalue weighted by atomic mass is 15.2. The highest BCUT2D eigenvalue weighted by molar-refractivity contribution is 5.82. The molecule has 0 saturated heterocycles. The number of nitrogens with one attached hydrogen (secondary N) is 1. The molecular formula is C23H30N4. The molecule has 142 valence electrons. The van der Waals surface area contributed by atoms with Gasteiger partial charge < -0.3 is 15.6 Å². The van der Waals surface area contributed by atoms with Gasteiger partial charge in [-0.2, -0.15) is 0 Å². The SMILES string of the molecule is CC(C)c1cccc(C(C)C)c1N(CCN)c1ccccc1-c1ncc[nH]1. The number of anilines is 2. The largest absolute Gasteiger partial charge is 0.345 e. The van der Waals surface area contributed by atoms with Crippen LogP contribution in [0.15, 0.2) is 54.9 Å². The van der Waals surface area contributed by atoms with Crippen LogP contribution in [0.4, 0.5) is 11.4 Å². The van der Waals surface area contributed by atoms with E-state index in [0.29, 0.717) is 18.4 Å². The fraction of sp³-hybridized carbons (Fsp3) is 0.348. The maximum Gasteiger partial charge on any atom is 0.139 e. The lowest BCUT2D eigenvalue weighted by molar-refractivity contribution is 0.810. The van der Waals surface area contributed by atoms with Crippen LogP contribution in [-0.4, -0.2) is 23.1 Å². The summed E-state index contributed by atoms with van der Waals surface area (Å²) in [4.78, 5) is 10.1. The fourth-order valence-corrected chi connectivity index (χ4v) is 3.63. The number of para-hydroxylation sites is 2. The molecule has 0 fully saturated rings. The van der Waals surface area contributed by atoms with Crippen molar-refractivity contribution >= 4 is 11.4 Å². The van der Waals surface area contributed by atoms with E-state index in [-0.39, 0.29) is 0 Å². The van der Waals surface area contributed by atoms with Crippen molar-refractivity contribution in [2.24, 2.45) is 5.73 Å². The number of imidazole rings is 1. The number of hydrogen-bond donors (Lipinski definition) is 2. The van der Waals surface area contributed by atoms with Crippen LogP contribution in [0, 0.1) is 0 Å². The second-order valence-electron chi connectivity index (χ2n) is 7.49. The predicted octanol–water partition coefficient (Wildman–Crippen LogP) is 5.42. The number of nitrogens with zero attached hydrogens (tertiary/aromatic N) is 2. The van der Waals surface area contributed by atoms with E-state index in [4.69, 9.17) is 5.73 Å². The van der Waals surface area contributed by atoms with Crippen molar-refractivity contribution in [1.29, 1.82) is 0 Å². The molecular weight excluding hydrogens is 332 g/mol. The summed E-state index contributed by atoms with van der Waals surface area (Å²) in [6, 6.07) is 15.1. The summed E-state index contributed by atoms with van der Waals surface area (Å²) in [5.74, 6) is 1.73. The maximum atomic E-state index is 6.06. The first kappa shape index (κ1) is 19.2. The number of benzene rings is 2. The van der Waals surface area contributed by atoms with E-state index in [0.717, 1.165) is 23.6 Å². The molecule has 0 aliphatic rings. The minimum absolute atomic E-state index is 0.426. The van der Waals surface area contributed by atoms with E-state index in [1.165, 1.54) is 16.8 Å². The fourth-order valence-electron chi connectivity index (χ4n) is 3.63. The number of rotatable bonds is 7. The number of nitrogens with two attached hydrogens (primary N) is 1. The van der Waals surface area contributed by atoms with Crippen molar-refractivity contribution in [3.05, 3.63) is 66.0 Å². The Morgan fingerprint density at radius 2 is 1.63 bits per heavy atom. The van der Waals surface area contributed by atoms with E-state index in [1.807, 2.05) is 6.20 Å². The summed E-state index contributed by atoms with van der Waals surface area (Å²) in [6.07, 6.45) is 3.65. The molecule has 0 aliphatic heterocycles. The molecule has 0 saturated carbocycles. The van der Waals surface area contributed by atoms with Gasteiger partial charge in [0.15, 0.2) is 0 Å². The number of hydrogen-bond acceptors (Lipinski definition) is 3. The Hall–Kier alpha value is -2.59. The van der Waals surface area contributed by atoms with Gasteiger partial charge in [-0.15, -0.1) is 0 Å². The van der Waals surface area contributed by atoms with E-state index < -0.39 is 0 Å². The van der Waals surface area contributed by atoms with Gasteiger partial charge in [-0.05, 0) is 35.1 Å². The first-order valence-electron chi connectivity index (χ1n) is 9.73. The van der Waals surface area contributed by atoms with Gasteiger partial charge in [0.05, 0.1) is 5.69 Å². The minimum Gasteiger partial charge on any atom is -0.345 e. The van der Waals surface area contributed by atoms with Gasteiger partial charge in [-0.3, -0.25) is 0 Å². The van der Waals surface area contributed by atoms with Crippen LogP contribution in [0.25, 0.3) is 11.4 Å². The number of aromatic amines is 1. The Morgan fingerprint density at radius 3 is 2.19 bits per heavy atom. The van der Waals surface area contributed by atoms with Crippen LogP contribution in [0.2, 0.25) is 0 Å². The smallest absolute Gasteiger partial charge is 0.139 e. The standard InChI is InChI=1S/C23H30N4/c1-16(2)18-9-7-10-19(17(3)4)22(18)27(15-12-24)21-11-6-5-8-20(21)23-25-13-14-26-23/h5-11,13-14,16-17H,12,15,24H2,1-4H3,(H,25,26). The molecule has 0 aliphatic carbocycles. The van der Waals surface area contributed by atoms with E-state index in [9.17, 15) is 0 Å². The lowest BCUT2D eigenvalue weighted by atomic mass is 9.91. The van der Waals surface area contributed by atoms with Crippen LogP contribution in [-0.2, 0) is 0 Å². The van der Waals surface area contributed by atoms with Gasteiger partial charge in [-0.25, -0.2) is 4.98 Å². The van der Waals surface area contributed by atoms with Crippen LogP contribution in [0.3, 0.4) is 0 Å². The first-order valence-corrected chi connectivity index (χ1v) is 9.73. The molecule has 1 heterocycles. The Kier molecular flexibility index (Phi) is 5.97. The second kappa shape index (κ2) is 8.40. The van der Waals surface area contributed by atoms with E-state index >= 15 is 0 Å². The van der Waals surface area contributed by atoms with Crippen molar-refractivity contribution in [1.82, 2.24) is 9.97 Å².